The van der Waals surface area contributed by atoms with Crippen molar-refractivity contribution in [3.63, 3.8) is 0 Å². The van der Waals surface area contributed by atoms with Crippen LogP contribution in [-0.4, -0.2) is 55.1 Å². The molecule has 0 spiro atoms. The molecule has 0 amide bonds. The van der Waals surface area contributed by atoms with Crippen molar-refractivity contribution in [1.82, 2.24) is 9.80 Å². The first-order chi connectivity index (χ1) is 9.88. The van der Waals surface area contributed by atoms with E-state index in [0.717, 1.165) is 31.1 Å². The summed E-state index contributed by atoms with van der Waals surface area (Å²) in [7, 11) is 6.11. The van der Waals surface area contributed by atoms with Gasteiger partial charge in [-0.2, -0.15) is 0 Å². The SMILES string of the molecule is CN(C)CCCN(C)Cc1ccc(F)c(C=CC(=O)O)c1. The van der Waals surface area contributed by atoms with Crippen LogP contribution >= 0.6 is 0 Å². The van der Waals surface area contributed by atoms with Gasteiger partial charge in [0.25, 0.3) is 0 Å². The van der Waals surface area contributed by atoms with Gasteiger partial charge in [-0.3, -0.25) is 0 Å². The lowest BCUT2D eigenvalue weighted by molar-refractivity contribution is -0.131. The maximum Gasteiger partial charge on any atom is 0.328 e. The van der Waals surface area contributed by atoms with Crippen molar-refractivity contribution in [2.75, 3.05) is 34.2 Å². The molecule has 0 saturated carbocycles. The van der Waals surface area contributed by atoms with Crippen molar-refractivity contribution in [3.05, 3.63) is 41.2 Å². The molecule has 0 aliphatic carbocycles. The number of rotatable bonds is 8. The second kappa shape index (κ2) is 8.54. The minimum Gasteiger partial charge on any atom is -0.478 e. The molecule has 0 aromatic heterocycles. The third-order valence-corrected chi connectivity index (χ3v) is 3.06. The number of carboxylic acid groups (broad SMARTS) is 1. The van der Waals surface area contributed by atoms with Gasteiger partial charge in [-0.05, 0) is 64.4 Å². The molecule has 0 fully saturated rings. The number of carbonyl (C=O) groups is 1. The minimum atomic E-state index is -1.08. The van der Waals surface area contributed by atoms with Gasteiger partial charge in [0.15, 0.2) is 0 Å². The van der Waals surface area contributed by atoms with Crippen LogP contribution in [-0.2, 0) is 11.3 Å². The zero-order chi connectivity index (χ0) is 15.8. The monoisotopic (exact) mass is 294 g/mol. The molecule has 1 N–H and O–H groups in total. The van der Waals surface area contributed by atoms with Gasteiger partial charge in [-0.15, -0.1) is 0 Å². The maximum atomic E-state index is 13.6. The predicted octanol–water partition coefficient (Wildman–Crippen LogP) is 2.31. The number of benzene rings is 1. The molecular formula is C16H23FN2O2. The Labute approximate surface area is 125 Å². The normalized spacial score (nSPS) is 11.7. The van der Waals surface area contributed by atoms with Crippen LogP contribution < -0.4 is 0 Å². The van der Waals surface area contributed by atoms with Crippen molar-refractivity contribution < 1.29 is 14.3 Å². The van der Waals surface area contributed by atoms with Gasteiger partial charge in [0.1, 0.15) is 5.82 Å². The van der Waals surface area contributed by atoms with Gasteiger partial charge in [0.05, 0.1) is 0 Å². The molecule has 0 unspecified atom stereocenters. The molecule has 5 heteroatoms. The van der Waals surface area contributed by atoms with Crippen molar-refractivity contribution in [2.24, 2.45) is 0 Å². The Bertz CT molecular complexity index is 501. The lowest BCUT2D eigenvalue weighted by Crippen LogP contribution is -2.23. The van der Waals surface area contributed by atoms with Crippen molar-refractivity contribution in [2.45, 2.75) is 13.0 Å². The van der Waals surface area contributed by atoms with Crippen molar-refractivity contribution in [1.29, 1.82) is 0 Å². The van der Waals surface area contributed by atoms with E-state index < -0.39 is 11.8 Å². The molecular weight excluding hydrogens is 271 g/mol. The Balaban J connectivity index is 2.63. The Morgan fingerprint density at radius 3 is 2.62 bits per heavy atom. The van der Waals surface area contributed by atoms with Gasteiger partial charge in [0.2, 0.25) is 0 Å². The largest absolute Gasteiger partial charge is 0.478 e. The quantitative estimate of drug-likeness (QED) is 0.747. The summed E-state index contributed by atoms with van der Waals surface area (Å²) < 4.78 is 13.6. The minimum absolute atomic E-state index is 0.302. The molecule has 4 nitrogen and oxygen atoms in total. The summed E-state index contributed by atoms with van der Waals surface area (Å²) in [5.41, 5.74) is 1.27. The van der Waals surface area contributed by atoms with E-state index in [9.17, 15) is 9.18 Å². The number of aliphatic carboxylic acids is 1. The molecule has 0 heterocycles. The summed E-state index contributed by atoms with van der Waals surface area (Å²) in [6.45, 7) is 2.69. The first-order valence-corrected chi connectivity index (χ1v) is 6.91. The van der Waals surface area contributed by atoms with Crippen LogP contribution in [0.2, 0.25) is 0 Å². The first-order valence-electron chi connectivity index (χ1n) is 6.91. The van der Waals surface area contributed by atoms with E-state index in [1.807, 2.05) is 21.1 Å². The fourth-order valence-electron chi connectivity index (χ4n) is 2.03. The molecule has 116 valence electrons. The average Bonchev–Trinajstić information content (AvgIpc) is 2.38. The van der Waals surface area contributed by atoms with E-state index in [4.69, 9.17) is 5.11 Å². The maximum absolute atomic E-state index is 13.6. The lowest BCUT2D eigenvalue weighted by Gasteiger charge is -2.18. The van der Waals surface area contributed by atoms with E-state index in [1.165, 1.54) is 12.1 Å². The summed E-state index contributed by atoms with van der Waals surface area (Å²) in [6, 6.07) is 4.80. The standard InChI is InChI=1S/C16H23FN2O2/c1-18(2)9-4-10-19(3)12-13-5-7-15(17)14(11-13)6-8-16(20)21/h5-8,11H,4,9-10,12H2,1-3H3,(H,20,21). The highest BCUT2D eigenvalue weighted by atomic mass is 19.1. The number of halogens is 1. The second-order valence-electron chi connectivity index (χ2n) is 5.42. The molecule has 1 rings (SSSR count). The van der Waals surface area contributed by atoms with Gasteiger partial charge in [0, 0.05) is 18.2 Å². The number of hydrogen-bond acceptors (Lipinski definition) is 3. The third-order valence-electron chi connectivity index (χ3n) is 3.06. The zero-order valence-electron chi connectivity index (χ0n) is 12.8. The van der Waals surface area contributed by atoms with Gasteiger partial charge in [-0.1, -0.05) is 6.07 Å². The Hall–Kier alpha value is -1.72. The summed E-state index contributed by atoms with van der Waals surface area (Å²) in [6.07, 6.45) is 3.30. The van der Waals surface area contributed by atoms with E-state index in [2.05, 4.69) is 9.80 Å². The fourth-order valence-corrected chi connectivity index (χ4v) is 2.03. The number of nitrogens with zero attached hydrogens (tertiary/aromatic N) is 2. The van der Waals surface area contributed by atoms with Crippen LogP contribution in [0.1, 0.15) is 17.5 Å². The molecule has 0 aliphatic heterocycles. The molecule has 0 saturated heterocycles. The van der Waals surface area contributed by atoms with E-state index >= 15 is 0 Å². The van der Waals surface area contributed by atoms with E-state index in [1.54, 1.807) is 12.1 Å². The molecule has 0 aliphatic rings. The molecule has 21 heavy (non-hydrogen) atoms. The molecule has 1 aromatic rings. The summed E-state index contributed by atoms with van der Waals surface area (Å²) in [5, 5.41) is 8.60. The predicted molar refractivity (Wildman–Crippen MR) is 82.6 cm³/mol. The van der Waals surface area contributed by atoms with Crippen LogP contribution in [0.3, 0.4) is 0 Å². The number of carboxylic acids is 1. The zero-order valence-corrected chi connectivity index (χ0v) is 12.8. The lowest BCUT2D eigenvalue weighted by atomic mass is 10.1. The smallest absolute Gasteiger partial charge is 0.328 e. The average molecular weight is 294 g/mol. The topological polar surface area (TPSA) is 43.8 Å². The highest BCUT2D eigenvalue weighted by Gasteiger charge is 2.05. The van der Waals surface area contributed by atoms with Crippen LogP contribution in [0.25, 0.3) is 6.08 Å². The van der Waals surface area contributed by atoms with Gasteiger partial charge >= 0.3 is 5.97 Å². The van der Waals surface area contributed by atoms with E-state index in [-0.39, 0.29) is 0 Å². The van der Waals surface area contributed by atoms with Crippen LogP contribution in [0.15, 0.2) is 24.3 Å². The van der Waals surface area contributed by atoms with Crippen LogP contribution in [0.4, 0.5) is 4.39 Å². The summed E-state index contributed by atoms with van der Waals surface area (Å²) in [5.74, 6) is -1.49. The summed E-state index contributed by atoms with van der Waals surface area (Å²) in [4.78, 5) is 14.8. The Morgan fingerprint density at radius 1 is 1.29 bits per heavy atom. The molecule has 1 aromatic carbocycles. The summed E-state index contributed by atoms with van der Waals surface area (Å²) >= 11 is 0. The first kappa shape index (κ1) is 17.3. The Kier molecular flexibility index (Phi) is 7.05. The van der Waals surface area contributed by atoms with Gasteiger partial charge in [-0.25, -0.2) is 9.18 Å². The van der Waals surface area contributed by atoms with Crippen LogP contribution in [0, 0.1) is 5.82 Å². The molecule has 0 atom stereocenters. The highest BCUT2D eigenvalue weighted by molar-refractivity contribution is 5.85. The van der Waals surface area contributed by atoms with Gasteiger partial charge < -0.3 is 14.9 Å². The van der Waals surface area contributed by atoms with E-state index in [0.29, 0.717) is 12.1 Å². The van der Waals surface area contributed by atoms with Crippen molar-refractivity contribution >= 4 is 12.0 Å². The second-order valence-corrected chi connectivity index (χ2v) is 5.42. The highest BCUT2D eigenvalue weighted by Crippen LogP contribution is 2.14. The molecule has 0 radical (unpaired) electrons. The third kappa shape index (κ3) is 7.02. The van der Waals surface area contributed by atoms with Crippen molar-refractivity contribution in [3.8, 4) is 0 Å². The molecule has 0 bridgehead atoms. The number of hydrogen-bond donors (Lipinski definition) is 1. The Morgan fingerprint density at radius 2 is 2.00 bits per heavy atom. The van der Waals surface area contributed by atoms with Crippen LogP contribution in [0.5, 0.6) is 0 Å². The fraction of sp³-hybridized carbons (Fsp3) is 0.438.